The van der Waals surface area contributed by atoms with E-state index in [9.17, 15) is 0 Å². The lowest BCUT2D eigenvalue weighted by Crippen LogP contribution is -1.92. The molecule has 0 aliphatic carbocycles. The molecule has 2 aromatic carbocycles. The summed E-state index contributed by atoms with van der Waals surface area (Å²) in [6, 6.07) is 26.3. The van der Waals surface area contributed by atoms with Crippen LogP contribution in [0.2, 0.25) is 5.28 Å². The first-order valence-electron chi connectivity index (χ1n) is 9.82. The van der Waals surface area contributed by atoms with Crippen molar-refractivity contribution in [3.05, 3.63) is 109 Å². The van der Waals surface area contributed by atoms with Crippen LogP contribution in [0.4, 0.5) is 0 Å². The van der Waals surface area contributed by atoms with Gasteiger partial charge in [-0.1, -0.05) is 60.7 Å². The highest BCUT2D eigenvalue weighted by atomic mass is 35.5. The van der Waals surface area contributed by atoms with E-state index in [2.05, 4.69) is 44.2 Å². The van der Waals surface area contributed by atoms with Gasteiger partial charge in [0.25, 0.3) is 0 Å². The standard InChI is InChI=1S/C26H17ClN4/c27-26-30-24(20-9-5-18(6-10-20)22-3-1-13-28-16-22)15-25(31-26)21-11-7-19(8-12-21)23-4-2-14-29-17-23/h1-17H. The van der Waals surface area contributed by atoms with Gasteiger partial charge in [0.15, 0.2) is 0 Å². The zero-order valence-electron chi connectivity index (χ0n) is 16.5. The topological polar surface area (TPSA) is 51.6 Å². The smallest absolute Gasteiger partial charge is 0.223 e. The molecular formula is C26H17ClN4. The normalized spacial score (nSPS) is 10.7. The second kappa shape index (κ2) is 8.46. The van der Waals surface area contributed by atoms with Gasteiger partial charge >= 0.3 is 0 Å². The summed E-state index contributed by atoms with van der Waals surface area (Å²) in [4.78, 5) is 17.2. The third kappa shape index (κ3) is 4.20. The minimum atomic E-state index is 0.222. The van der Waals surface area contributed by atoms with Gasteiger partial charge in [0.1, 0.15) is 0 Å². The maximum atomic E-state index is 6.27. The molecule has 5 heteroatoms. The van der Waals surface area contributed by atoms with Crippen LogP contribution >= 0.6 is 11.6 Å². The molecule has 0 atom stereocenters. The Bertz CT molecular complexity index is 1200. The van der Waals surface area contributed by atoms with Gasteiger partial charge in [-0.05, 0) is 52.1 Å². The van der Waals surface area contributed by atoms with Gasteiger partial charge in [-0.2, -0.15) is 0 Å². The molecule has 0 aliphatic rings. The number of pyridine rings is 2. The minimum absolute atomic E-state index is 0.222. The molecule has 0 fully saturated rings. The Balaban J connectivity index is 1.45. The number of halogens is 1. The van der Waals surface area contributed by atoms with E-state index in [0.29, 0.717) is 0 Å². The van der Waals surface area contributed by atoms with Crippen LogP contribution in [-0.2, 0) is 0 Å². The van der Waals surface area contributed by atoms with E-state index in [-0.39, 0.29) is 5.28 Å². The van der Waals surface area contributed by atoms with Gasteiger partial charge in [-0.15, -0.1) is 0 Å². The van der Waals surface area contributed by atoms with Crippen LogP contribution in [0, 0.1) is 0 Å². The van der Waals surface area contributed by atoms with Gasteiger partial charge in [0.05, 0.1) is 11.4 Å². The fourth-order valence-corrected chi connectivity index (χ4v) is 3.63. The van der Waals surface area contributed by atoms with Crippen molar-refractivity contribution in [3.63, 3.8) is 0 Å². The van der Waals surface area contributed by atoms with Crippen LogP contribution in [0.3, 0.4) is 0 Å². The van der Waals surface area contributed by atoms with E-state index in [4.69, 9.17) is 11.6 Å². The lowest BCUT2D eigenvalue weighted by Gasteiger charge is -2.08. The Morgan fingerprint density at radius 3 is 1.29 bits per heavy atom. The van der Waals surface area contributed by atoms with Crippen molar-refractivity contribution in [1.82, 2.24) is 19.9 Å². The maximum absolute atomic E-state index is 6.27. The quantitative estimate of drug-likeness (QED) is 0.308. The lowest BCUT2D eigenvalue weighted by atomic mass is 10.0. The number of aromatic nitrogens is 4. The number of hydrogen-bond acceptors (Lipinski definition) is 4. The van der Waals surface area contributed by atoms with Gasteiger partial charge in [-0.25, -0.2) is 9.97 Å². The largest absolute Gasteiger partial charge is 0.264 e. The number of benzene rings is 2. The van der Waals surface area contributed by atoms with Crippen molar-refractivity contribution in [2.75, 3.05) is 0 Å². The highest BCUT2D eigenvalue weighted by molar-refractivity contribution is 6.28. The third-order valence-electron chi connectivity index (χ3n) is 5.05. The van der Waals surface area contributed by atoms with E-state index in [0.717, 1.165) is 44.8 Å². The van der Waals surface area contributed by atoms with Gasteiger partial charge in [0.2, 0.25) is 5.28 Å². The van der Waals surface area contributed by atoms with Crippen molar-refractivity contribution in [2.45, 2.75) is 0 Å². The molecule has 0 saturated carbocycles. The Hall–Kier alpha value is -3.89. The summed E-state index contributed by atoms with van der Waals surface area (Å²) < 4.78 is 0. The first-order valence-corrected chi connectivity index (χ1v) is 10.2. The van der Waals surface area contributed by atoms with Gasteiger partial charge in [-0.3, -0.25) is 9.97 Å². The predicted octanol–water partition coefficient (Wildman–Crippen LogP) is 6.59. The molecule has 148 valence electrons. The van der Waals surface area contributed by atoms with E-state index >= 15 is 0 Å². The highest BCUT2D eigenvalue weighted by Gasteiger charge is 2.09. The first-order chi connectivity index (χ1) is 15.3. The Labute approximate surface area is 185 Å². The summed E-state index contributed by atoms with van der Waals surface area (Å²) in [6.07, 6.45) is 7.24. The molecule has 0 saturated heterocycles. The predicted molar refractivity (Wildman–Crippen MR) is 124 cm³/mol. The summed E-state index contributed by atoms with van der Waals surface area (Å²) in [7, 11) is 0. The zero-order valence-corrected chi connectivity index (χ0v) is 17.2. The molecule has 3 aromatic heterocycles. The molecule has 4 nitrogen and oxygen atoms in total. The van der Waals surface area contributed by atoms with Gasteiger partial charge in [0, 0.05) is 35.9 Å². The number of nitrogens with zero attached hydrogens (tertiary/aromatic N) is 4. The lowest BCUT2D eigenvalue weighted by molar-refractivity contribution is 1.18. The summed E-state index contributed by atoms with van der Waals surface area (Å²) >= 11 is 6.27. The highest BCUT2D eigenvalue weighted by Crippen LogP contribution is 2.29. The molecule has 0 amide bonds. The SMILES string of the molecule is Clc1nc(-c2ccc(-c3cccnc3)cc2)cc(-c2ccc(-c3cccnc3)cc2)n1. The zero-order chi connectivity index (χ0) is 21.0. The molecule has 0 N–H and O–H groups in total. The average molecular weight is 421 g/mol. The molecule has 31 heavy (non-hydrogen) atoms. The molecule has 0 spiro atoms. The molecule has 5 aromatic rings. The summed E-state index contributed by atoms with van der Waals surface area (Å²) in [5.74, 6) is 0. The van der Waals surface area contributed by atoms with Crippen LogP contribution in [0.1, 0.15) is 0 Å². The molecule has 5 rings (SSSR count). The molecular weight excluding hydrogens is 404 g/mol. The van der Waals surface area contributed by atoms with Crippen molar-refractivity contribution in [3.8, 4) is 44.8 Å². The third-order valence-corrected chi connectivity index (χ3v) is 5.22. The Morgan fingerprint density at radius 1 is 0.484 bits per heavy atom. The molecule has 0 radical (unpaired) electrons. The fraction of sp³-hybridized carbons (Fsp3) is 0. The van der Waals surface area contributed by atoms with E-state index in [1.807, 2.05) is 67.0 Å². The monoisotopic (exact) mass is 420 g/mol. The molecule has 3 heterocycles. The first kappa shape index (κ1) is 19.1. The van der Waals surface area contributed by atoms with Crippen LogP contribution < -0.4 is 0 Å². The Morgan fingerprint density at radius 2 is 0.903 bits per heavy atom. The second-order valence-corrected chi connectivity index (χ2v) is 7.38. The molecule has 0 unspecified atom stereocenters. The summed E-state index contributed by atoms with van der Waals surface area (Å²) in [5, 5.41) is 0.222. The van der Waals surface area contributed by atoms with Crippen LogP contribution in [-0.4, -0.2) is 19.9 Å². The van der Waals surface area contributed by atoms with E-state index in [1.165, 1.54) is 0 Å². The van der Waals surface area contributed by atoms with E-state index < -0.39 is 0 Å². The minimum Gasteiger partial charge on any atom is -0.264 e. The molecule has 0 aliphatic heterocycles. The van der Waals surface area contributed by atoms with Crippen LogP contribution in [0.15, 0.2) is 104 Å². The van der Waals surface area contributed by atoms with Gasteiger partial charge < -0.3 is 0 Å². The summed E-state index contributed by atoms with van der Waals surface area (Å²) in [5.41, 5.74) is 7.86. The van der Waals surface area contributed by atoms with Crippen LogP contribution in [0.25, 0.3) is 44.8 Å². The number of hydrogen-bond donors (Lipinski definition) is 0. The maximum Gasteiger partial charge on any atom is 0.223 e. The fourth-order valence-electron chi connectivity index (χ4n) is 3.45. The number of rotatable bonds is 4. The van der Waals surface area contributed by atoms with E-state index in [1.54, 1.807) is 12.4 Å². The second-order valence-electron chi connectivity index (χ2n) is 7.05. The van der Waals surface area contributed by atoms with Crippen LogP contribution in [0.5, 0.6) is 0 Å². The Kier molecular flexibility index (Phi) is 5.21. The molecule has 0 bridgehead atoms. The summed E-state index contributed by atoms with van der Waals surface area (Å²) in [6.45, 7) is 0. The average Bonchev–Trinajstić information content (AvgIpc) is 2.85. The van der Waals surface area contributed by atoms with Crippen molar-refractivity contribution < 1.29 is 0 Å². The van der Waals surface area contributed by atoms with Crippen molar-refractivity contribution >= 4 is 11.6 Å². The van der Waals surface area contributed by atoms with Crippen molar-refractivity contribution in [2.24, 2.45) is 0 Å². The van der Waals surface area contributed by atoms with Crippen molar-refractivity contribution in [1.29, 1.82) is 0 Å².